The minimum absolute atomic E-state index is 0.207. The number of aryl methyl sites for hydroxylation is 3. The predicted molar refractivity (Wildman–Crippen MR) is 155 cm³/mol. The van der Waals surface area contributed by atoms with Crippen molar-refractivity contribution in [3.63, 3.8) is 0 Å². The molecule has 0 spiro atoms. The van der Waals surface area contributed by atoms with E-state index in [-0.39, 0.29) is 10.9 Å². The highest BCUT2D eigenvalue weighted by atomic mass is 32.1. The van der Waals surface area contributed by atoms with Crippen LogP contribution in [0.1, 0.15) is 34.5 Å². The van der Waals surface area contributed by atoms with Crippen LogP contribution in [0.25, 0.3) is 21.1 Å². The number of aromatic nitrogens is 3. The van der Waals surface area contributed by atoms with E-state index in [4.69, 9.17) is 0 Å². The molecule has 0 aliphatic carbocycles. The van der Waals surface area contributed by atoms with Crippen molar-refractivity contribution in [3.8, 4) is 0 Å². The fourth-order valence-corrected chi connectivity index (χ4v) is 7.15. The maximum absolute atomic E-state index is 12.9. The van der Waals surface area contributed by atoms with Crippen molar-refractivity contribution in [3.05, 3.63) is 52.3 Å². The average Bonchev–Trinajstić information content (AvgIpc) is 3.39. The molecule has 5 rings (SSSR count). The summed E-state index contributed by atoms with van der Waals surface area (Å²) in [5.41, 5.74) is 5.01. The van der Waals surface area contributed by atoms with Gasteiger partial charge in [-0.3, -0.25) is 4.90 Å². The molecule has 0 radical (unpaired) electrons. The number of thiophene rings is 1. The summed E-state index contributed by atoms with van der Waals surface area (Å²) in [6.07, 6.45) is -1.21. The van der Waals surface area contributed by atoms with E-state index in [1.165, 1.54) is 34.1 Å². The highest BCUT2D eigenvalue weighted by Gasteiger charge is 2.29. The zero-order valence-corrected chi connectivity index (χ0v) is 24.5. The van der Waals surface area contributed by atoms with Crippen molar-refractivity contribution >= 4 is 45.4 Å². The summed E-state index contributed by atoms with van der Waals surface area (Å²) in [4.78, 5) is 11.8. The molecule has 1 aromatic carbocycles. The van der Waals surface area contributed by atoms with Gasteiger partial charge in [-0.05, 0) is 69.3 Å². The van der Waals surface area contributed by atoms with E-state index in [0.717, 1.165) is 50.4 Å². The van der Waals surface area contributed by atoms with E-state index in [2.05, 4.69) is 56.8 Å². The second kappa shape index (κ2) is 10.9. The minimum atomic E-state index is -4.24. The van der Waals surface area contributed by atoms with Crippen LogP contribution in [0.3, 0.4) is 0 Å². The number of benzene rings is 1. The fraction of sp³-hybridized carbons (Fsp3) is 0.500. The van der Waals surface area contributed by atoms with Gasteiger partial charge in [0.05, 0.1) is 18.9 Å². The monoisotopic (exact) mass is 577 g/mol. The third kappa shape index (κ3) is 6.67. The standard InChI is InChI=1S/C28H35F3N5OPS/c1-18-13-23-19(2)20(5-6-25(23)36(18)11-12-38(3,4)37)16-35-9-7-21(8-10-35)34-26-24-14-22(15-28(29,30)31)39-27(24)33-17-32-26/h5-6,13-14,17,21H,7-12,15-16H2,1-4H3,(H,32,33,34). The maximum Gasteiger partial charge on any atom is 0.393 e. The lowest BCUT2D eigenvalue weighted by Crippen LogP contribution is -2.39. The van der Waals surface area contributed by atoms with Crippen LogP contribution in [0, 0.1) is 13.8 Å². The summed E-state index contributed by atoms with van der Waals surface area (Å²) >= 11 is 1.08. The van der Waals surface area contributed by atoms with E-state index < -0.39 is 19.7 Å². The lowest BCUT2D eigenvalue weighted by molar-refractivity contribution is -0.126. The number of fused-ring (bicyclic) bond motifs is 2. The number of hydrogen-bond acceptors (Lipinski definition) is 6. The Labute approximate surface area is 231 Å². The lowest BCUT2D eigenvalue weighted by Gasteiger charge is -2.33. The number of nitrogens with one attached hydrogen (secondary N) is 1. The van der Waals surface area contributed by atoms with Crippen LogP contribution in [-0.2, 0) is 24.1 Å². The van der Waals surface area contributed by atoms with Crippen molar-refractivity contribution in [2.75, 3.05) is 37.9 Å². The maximum atomic E-state index is 12.9. The number of piperidine rings is 1. The highest BCUT2D eigenvalue weighted by Crippen LogP contribution is 2.37. The quantitative estimate of drug-likeness (QED) is 0.227. The number of hydrogen-bond donors (Lipinski definition) is 1. The molecule has 210 valence electrons. The summed E-state index contributed by atoms with van der Waals surface area (Å²) in [6, 6.07) is 8.44. The Morgan fingerprint density at radius 2 is 1.85 bits per heavy atom. The van der Waals surface area contributed by atoms with E-state index in [0.29, 0.717) is 22.2 Å². The Kier molecular flexibility index (Phi) is 7.83. The lowest BCUT2D eigenvalue weighted by atomic mass is 10.0. The van der Waals surface area contributed by atoms with Gasteiger partial charge < -0.3 is 14.4 Å². The molecular weight excluding hydrogens is 542 g/mol. The van der Waals surface area contributed by atoms with E-state index in [1.807, 2.05) is 13.3 Å². The highest BCUT2D eigenvalue weighted by molar-refractivity contribution is 7.62. The Morgan fingerprint density at radius 1 is 1.10 bits per heavy atom. The van der Waals surface area contributed by atoms with Gasteiger partial charge in [-0.15, -0.1) is 11.3 Å². The molecule has 4 aromatic rings. The first kappa shape index (κ1) is 28.1. The van der Waals surface area contributed by atoms with Gasteiger partial charge in [0, 0.05) is 59.9 Å². The largest absolute Gasteiger partial charge is 0.393 e. The van der Waals surface area contributed by atoms with Crippen LogP contribution in [0.5, 0.6) is 0 Å². The number of nitrogens with zero attached hydrogens (tertiary/aromatic N) is 4. The van der Waals surface area contributed by atoms with Crippen LogP contribution in [-0.4, -0.2) is 64.2 Å². The van der Waals surface area contributed by atoms with Gasteiger partial charge in [-0.2, -0.15) is 13.2 Å². The summed E-state index contributed by atoms with van der Waals surface area (Å²) < 4.78 is 53.1. The van der Waals surface area contributed by atoms with Gasteiger partial charge in [0.2, 0.25) is 0 Å². The first-order valence-corrected chi connectivity index (χ1v) is 16.9. The number of anilines is 1. The van der Waals surface area contributed by atoms with E-state index in [9.17, 15) is 17.7 Å². The summed E-state index contributed by atoms with van der Waals surface area (Å²) in [5.74, 6) is 0.617. The van der Waals surface area contributed by atoms with Crippen molar-refractivity contribution in [1.82, 2.24) is 19.4 Å². The normalized spacial score (nSPS) is 16.0. The SMILES string of the molecule is Cc1c(CN2CCC(Nc3ncnc4sc(CC(F)(F)F)cc34)CC2)ccc2c1cc(C)n2CCP(C)(C)=O. The van der Waals surface area contributed by atoms with Gasteiger partial charge in [0.25, 0.3) is 0 Å². The zero-order valence-electron chi connectivity index (χ0n) is 22.8. The molecule has 0 unspecified atom stereocenters. The molecule has 39 heavy (non-hydrogen) atoms. The molecule has 1 aliphatic rings. The molecule has 11 heteroatoms. The molecule has 1 N–H and O–H groups in total. The molecular formula is C28H35F3N5OPS. The minimum Gasteiger partial charge on any atom is -0.367 e. The van der Waals surface area contributed by atoms with Crippen LogP contribution in [0.15, 0.2) is 30.6 Å². The Morgan fingerprint density at radius 3 is 2.54 bits per heavy atom. The number of halogens is 3. The van der Waals surface area contributed by atoms with Crippen molar-refractivity contribution in [1.29, 1.82) is 0 Å². The van der Waals surface area contributed by atoms with Gasteiger partial charge in [-0.25, -0.2) is 9.97 Å². The molecule has 1 fully saturated rings. The van der Waals surface area contributed by atoms with Crippen LogP contribution < -0.4 is 5.32 Å². The Balaban J connectivity index is 1.22. The molecule has 0 atom stereocenters. The molecule has 3 aromatic heterocycles. The number of likely N-dealkylation sites (tertiary alicyclic amines) is 1. The fourth-order valence-electron chi connectivity index (χ4n) is 5.44. The number of rotatable bonds is 8. The summed E-state index contributed by atoms with van der Waals surface area (Å²) in [7, 11) is -2.08. The molecule has 1 saturated heterocycles. The molecule has 0 bridgehead atoms. The van der Waals surface area contributed by atoms with Crippen LogP contribution in [0.4, 0.5) is 19.0 Å². The Bertz CT molecular complexity index is 1530. The third-order valence-electron chi connectivity index (χ3n) is 7.61. The van der Waals surface area contributed by atoms with E-state index >= 15 is 0 Å². The zero-order chi connectivity index (χ0) is 27.9. The van der Waals surface area contributed by atoms with Crippen molar-refractivity contribution in [2.45, 2.75) is 58.4 Å². The predicted octanol–water partition coefficient (Wildman–Crippen LogP) is 7.07. The second-order valence-corrected chi connectivity index (χ2v) is 15.9. The average molecular weight is 578 g/mol. The molecule has 4 heterocycles. The van der Waals surface area contributed by atoms with Crippen molar-refractivity contribution in [2.24, 2.45) is 0 Å². The van der Waals surface area contributed by atoms with Gasteiger partial charge in [0.15, 0.2) is 0 Å². The topological polar surface area (TPSA) is 63.0 Å². The molecule has 0 amide bonds. The summed E-state index contributed by atoms with van der Waals surface area (Å²) in [6.45, 7) is 11.5. The van der Waals surface area contributed by atoms with E-state index in [1.54, 1.807) is 6.07 Å². The van der Waals surface area contributed by atoms with Crippen LogP contribution >= 0.6 is 18.5 Å². The third-order valence-corrected chi connectivity index (χ3v) is 9.93. The molecule has 1 aliphatic heterocycles. The van der Waals surface area contributed by atoms with Gasteiger partial charge >= 0.3 is 6.18 Å². The van der Waals surface area contributed by atoms with Gasteiger partial charge in [-0.1, -0.05) is 6.07 Å². The number of alkyl halides is 3. The summed E-state index contributed by atoms with van der Waals surface area (Å²) in [5, 5.41) is 5.40. The Hall–Kier alpha value is -2.42. The van der Waals surface area contributed by atoms with Gasteiger partial charge in [0.1, 0.15) is 17.0 Å². The molecule has 0 saturated carbocycles. The second-order valence-electron chi connectivity index (χ2n) is 11.2. The van der Waals surface area contributed by atoms with Crippen LogP contribution in [0.2, 0.25) is 0 Å². The van der Waals surface area contributed by atoms with Crippen molar-refractivity contribution < 1.29 is 17.7 Å². The smallest absolute Gasteiger partial charge is 0.367 e. The first-order chi connectivity index (χ1) is 18.4. The first-order valence-electron chi connectivity index (χ1n) is 13.3. The molecule has 6 nitrogen and oxygen atoms in total.